The van der Waals surface area contributed by atoms with Gasteiger partial charge in [0.15, 0.2) is 0 Å². The van der Waals surface area contributed by atoms with E-state index in [4.69, 9.17) is 16.7 Å². The molecule has 0 radical (unpaired) electrons. The molecule has 0 amide bonds. The minimum Gasteiger partial charge on any atom is -0.395 e. The molecule has 1 saturated carbocycles. The van der Waals surface area contributed by atoms with Gasteiger partial charge < -0.3 is 5.11 Å². The van der Waals surface area contributed by atoms with E-state index < -0.39 is 10.0 Å². The van der Waals surface area contributed by atoms with Gasteiger partial charge in [0, 0.05) is 17.6 Å². The summed E-state index contributed by atoms with van der Waals surface area (Å²) in [4.78, 5) is 0.190. The fourth-order valence-electron chi connectivity index (χ4n) is 2.04. The van der Waals surface area contributed by atoms with Gasteiger partial charge in [-0.3, -0.25) is 0 Å². The van der Waals surface area contributed by atoms with Gasteiger partial charge in [-0.15, -0.1) is 0 Å². The van der Waals surface area contributed by atoms with Crippen molar-refractivity contribution >= 4 is 21.6 Å². The van der Waals surface area contributed by atoms with E-state index in [0.29, 0.717) is 5.02 Å². The maximum Gasteiger partial charge on any atom is 0.243 e. The largest absolute Gasteiger partial charge is 0.395 e. The fraction of sp³-hybridized carbons (Fsp3) is 0.500. The summed E-state index contributed by atoms with van der Waals surface area (Å²) in [6.07, 6.45) is 2.76. The summed E-state index contributed by atoms with van der Waals surface area (Å²) in [6, 6.07) is 6.25. The van der Waals surface area contributed by atoms with Crippen LogP contribution in [0, 0.1) is 0 Å². The van der Waals surface area contributed by atoms with Crippen molar-refractivity contribution in [1.82, 2.24) is 4.31 Å². The summed E-state index contributed by atoms with van der Waals surface area (Å²) in [5.74, 6) is 0. The van der Waals surface area contributed by atoms with Gasteiger partial charge >= 0.3 is 0 Å². The quantitative estimate of drug-likeness (QED) is 0.900. The van der Waals surface area contributed by atoms with Crippen molar-refractivity contribution in [2.45, 2.75) is 30.2 Å². The number of aliphatic hydroxyl groups is 1. The SMILES string of the molecule is O=S(=O)(c1cccc(Cl)c1)N(CCO)C1CCC1. The third kappa shape index (κ3) is 2.69. The topological polar surface area (TPSA) is 57.6 Å². The molecule has 1 fully saturated rings. The second kappa shape index (κ2) is 5.57. The molecule has 0 bridgehead atoms. The van der Waals surface area contributed by atoms with Crippen molar-refractivity contribution in [2.75, 3.05) is 13.2 Å². The number of halogens is 1. The lowest BCUT2D eigenvalue weighted by molar-refractivity contribution is 0.178. The molecule has 0 unspecified atom stereocenters. The molecule has 1 aliphatic carbocycles. The molecule has 0 aliphatic heterocycles. The van der Waals surface area contributed by atoms with Gasteiger partial charge in [0.2, 0.25) is 10.0 Å². The van der Waals surface area contributed by atoms with Crippen LogP contribution in [-0.4, -0.2) is 37.0 Å². The molecule has 18 heavy (non-hydrogen) atoms. The molecule has 0 heterocycles. The first kappa shape index (κ1) is 13.8. The third-order valence-electron chi connectivity index (χ3n) is 3.21. The van der Waals surface area contributed by atoms with Gasteiger partial charge in [-0.1, -0.05) is 24.1 Å². The first-order valence-electron chi connectivity index (χ1n) is 5.94. The van der Waals surface area contributed by atoms with Crippen LogP contribution in [-0.2, 0) is 10.0 Å². The van der Waals surface area contributed by atoms with Crippen molar-refractivity contribution in [3.63, 3.8) is 0 Å². The Labute approximate surface area is 112 Å². The van der Waals surface area contributed by atoms with E-state index in [-0.39, 0.29) is 24.1 Å². The molecule has 4 nitrogen and oxygen atoms in total. The van der Waals surface area contributed by atoms with E-state index in [1.54, 1.807) is 12.1 Å². The molecule has 0 atom stereocenters. The number of benzene rings is 1. The summed E-state index contributed by atoms with van der Waals surface area (Å²) >= 11 is 5.83. The van der Waals surface area contributed by atoms with Crippen molar-refractivity contribution in [2.24, 2.45) is 0 Å². The zero-order valence-electron chi connectivity index (χ0n) is 9.92. The lowest BCUT2D eigenvalue weighted by Gasteiger charge is -2.36. The number of aliphatic hydroxyl groups excluding tert-OH is 1. The predicted molar refractivity (Wildman–Crippen MR) is 70.1 cm³/mol. The molecule has 1 aliphatic rings. The van der Waals surface area contributed by atoms with Crippen LogP contribution in [0.5, 0.6) is 0 Å². The number of nitrogens with zero attached hydrogens (tertiary/aromatic N) is 1. The van der Waals surface area contributed by atoms with Crippen molar-refractivity contribution in [3.8, 4) is 0 Å². The minimum absolute atomic E-state index is 0.0149. The van der Waals surface area contributed by atoms with Crippen molar-refractivity contribution < 1.29 is 13.5 Å². The van der Waals surface area contributed by atoms with Crippen LogP contribution >= 0.6 is 11.6 Å². The molecule has 0 saturated heterocycles. The van der Waals surface area contributed by atoms with Crippen LogP contribution < -0.4 is 0 Å². The number of hydrogen-bond acceptors (Lipinski definition) is 3. The Kier molecular flexibility index (Phi) is 4.27. The fourth-order valence-corrected chi connectivity index (χ4v) is 4.01. The molecule has 2 rings (SSSR count). The van der Waals surface area contributed by atoms with Crippen LogP contribution in [0.4, 0.5) is 0 Å². The average molecular weight is 290 g/mol. The first-order chi connectivity index (χ1) is 8.55. The first-order valence-corrected chi connectivity index (χ1v) is 7.76. The maximum atomic E-state index is 12.5. The maximum absolute atomic E-state index is 12.5. The molecule has 6 heteroatoms. The second-order valence-electron chi connectivity index (χ2n) is 4.38. The summed E-state index contributed by atoms with van der Waals surface area (Å²) < 4.78 is 26.3. The van der Waals surface area contributed by atoms with Crippen molar-refractivity contribution in [3.05, 3.63) is 29.3 Å². The molecule has 1 aromatic rings. The number of rotatable bonds is 5. The summed E-state index contributed by atoms with van der Waals surface area (Å²) in [5.41, 5.74) is 0. The lowest BCUT2D eigenvalue weighted by Crippen LogP contribution is -2.45. The normalized spacial score (nSPS) is 16.8. The summed E-state index contributed by atoms with van der Waals surface area (Å²) in [5, 5.41) is 9.43. The highest BCUT2D eigenvalue weighted by molar-refractivity contribution is 7.89. The van der Waals surface area contributed by atoms with Crippen LogP contribution in [0.15, 0.2) is 29.2 Å². The number of sulfonamides is 1. The molecule has 1 N–H and O–H groups in total. The Balaban J connectivity index is 2.32. The van der Waals surface area contributed by atoms with E-state index in [2.05, 4.69) is 0 Å². The Morgan fingerprint density at radius 1 is 1.39 bits per heavy atom. The van der Waals surface area contributed by atoms with Crippen LogP contribution in [0.3, 0.4) is 0 Å². The third-order valence-corrected chi connectivity index (χ3v) is 5.39. The zero-order chi connectivity index (χ0) is 13.2. The van der Waals surface area contributed by atoms with E-state index in [9.17, 15) is 8.42 Å². The van der Waals surface area contributed by atoms with Crippen LogP contribution in [0.2, 0.25) is 5.02 Å². The standard InChI is InChI=1S/C12H16ClNO3S/c13-10-3-1-6-12(9-10)18(16,17)14(7-8-15)11-4-2-5-11/h1,3,6,9,11,15H,2,4-5,7-8H2. The highest BCUT2D eigenvalue weighted by atomic mass is 35.5. The second-order valence-corrected chi connectivity index (χ2v) is 6.71. The van der Waals surface area contributed by atoms with Gasteiger partial charge in [-0.2, -0.15) is 4.31 Å². The lowest BCUT2D eigenvalue weighted by atomic mass is 9.93. The molecule has 100 valence electrons. The smallest absolute Gasteiger partial charge is 0.243 e. The molecular formula is C12H16ClNO3S. The molecular weight excluding hydrogens is 274 g/mol. The minimum atomic E-state index is -3.56. The van der Waals surface area contributed by atoms with E-state index >= 15 is 0 Å². The molecule has 0 aromatic heterocycles. The molecule has 1 aromatic carbocycles. The Hall–Kier alpha value is -0.620. The van der Waals surface area contributed by atoms with E-state index in [1.165, 1.54) is 16.4 Å². The van der Waals surface area contributed by atoms with Gasteiger partial charge in [-0.25, -0.2) is 8.42 Å². The van der Waals surface area contributed by atoms with E-state index in [0.717, 1.165) is 19.3 Å². The van der Waals surface area contributed by atoms with Gasteiger partial charge in [0.25, 0.3) is 0 Å². The summed E-state index contributed by atoms with van der Waals surface area (Å²) in [6.45, 7) is -0.0319. The zero-order valence-corrected chi connectivity index (χ0v) is 11.5. The van der Waals surface area contributed by atoms with Crippen LogP contribution in [0.25, 0.3) is 0 Å². The average Bonchev–Trinajstić information content (AvgIpc) is 2.26. The summed E-state index contributed by atoms with van der Waals surface area (Å²) in [7, 11) is -3.56. The monoisotopic (exact) mass is 289 g/mol. The van der Waals surface area contributed by atoms with Crippen molar-refractivity contribution in [1.29, 1.82) is 0 Å². The Morgan fingerprint density at radius 2 is 2.11 bits per heavy atom. The van der Waals surface area contributed by atoms with E-state index in [1.807, 2.05) is 0 Å². The highest BCUT2D eigenvalue weighted by Crippen LogP contribution is 2.30. The predicted octanol–water partition coefficient (Wildman–Crippen LogP) is 1.88. The Morgan fingerprint density at radius 3 is 2.61 bits per heavy atom. The van der Waals surface area contributed by atoms with Crippen LogP contribution in [0.1, 0.15) is 19.3 Å². The van der Waals surface area contributed by atoms with Gasteiger partial charge in [0.05, 0.1) is 11.5 Å². The number of hydrogen-bond donors (Lipinski definition) is 1. The highest BCUT2D eigenvalue weighted by Gasteiger charge is 2.34. The molecule has 0 spiro atoms. The van der Waals surface area contributed by atoms with Gasteiger partial charge in [-0.05, 0) is 31.0 Å². The Bertz CT molecular complexity index is 514. The van der Waals surface area contributed by atoms with Gasteiger partial charge in [0.1, 0.15) is 0 Å².